The van der Waals surface area contributed by atoms with Crippen molar-refractivity contribution >= 4 is 26.7 Å². The van der Waals surface area contributed by atoms with E-state index in [0.717, 1.165) is 15.3 Å². The molecular formula is C11H11N3S. The van der Waals surface area contributed by atoms with Crippen LogP contribution in [-0.2, 0) is 0 Å². The first-order valence-electron chi connectivity index (χ1n) is 4.77. The minimum Gasteiger partial charge on any atom is -0.252 e. The maximum absolute atomic E-state index is 9.02. The first-order valence-corrected chi connectivity index (χ1v) is 5.58. The minimum absolute atomic E-state index is 0.149. The number of aromatic nitrogens is 1. The van der Waals surface area contributed by atoms with Crippen LogP contribution in [0.25, 0.3) is 10.2 Å². The van der Waals surface area contributed by atoms with Gasteiger partial charge in [0.2, 0.25) is 0 Å². The summed E-state index contributed by atoms with van der Waals surface area (Å²) < 4.78 is 1.12. The molecule has 0 saturated heterocycles. The van der Waals surface area contributed by atoms with Gasteiger partial charge in [0.1, 0.15) is 0 Å². The number of thiazole rings is 1. The van der Waals surface area contributed by atoms with Gasteiger partial charge in [0.05, 0.1) is 10.2 Å². The van der Waals surface area contributed by atoms with Crippen molar-refractivity contribution in [3.05, 3.63) is 24.3 Å². The smallest absolute Gasteiger partial charge is 0.200 e. The Hall–Kier alpha value is -1.60. The number of benzene rings is 1. The molecule has 76 valence electrons. The number of hydrogen-bond acceptors (Lipinski definition) is 4. The fourth-order valence-corrected chi connectivity index (χ4v) is 2.40. The Labute approximate surface area is 92.6 Å². The van der Waals surface area contributed by atoms with E-state index in [0.29, 0.717) is 0 Å². The van der Waals surface area contributed by atoms with E-state index in [1.807, 2.05) is 38.1 Å². The van der Waals surface area contributed by atoms with Gasteiger partial charge in [0, 0.05) is 6.04 Å². The second kappa shape index (κ2) is 3.87. The van der Waals surface area contributed by atoms with Gasteiger partial charge in [-0.3, -0.25) is 4.90 Å². The Bertz CT molecular complexity index is 477. The maximum atomic E-state index is 9.02. The van der Waals surface area contributed by atoms with Crippen LogP contribution in [0.3, 0.4) is 0 Å². The monoisotopic (exact) mass is 217 g/mol. The van der Waals surface area contributed by atoms with Gasteiger partial charge in [-0.1, -0.05) is 23.5 Å². The van der Waals surface area contributed by atoms with Crippen molar-refractivity contribution < 1.29 is 0 Å². The van der Waals surface area contributed by atoms with Gasteiger partial charge >= 0.3 is 0 Å². The van der Waals surface area contributed by atoms with Gasteiger partial charge in [-0.05, 0) is 26.0 Å². The summed E-state index contributed by atoms with van der Waals surface area (Å²) in [5, 5.41) is 9.79. The lowest BCUT2D eigenvalue weighted by Crippen LogP contribution is -2.24. The summed E-state index contributed by atoms with van der Waals surface area (Å²) in [6.45, 7) is 3.96. The Morgan fingerprint density at radius 1 is 1.40 bits per heavy atom. The van der Waals surface area contributed by atoms with Gasteiger partial charge in [-0.15, -0.1) is 0 Å². The lowest BCUT2D eigenvalue weighted by molar-refractivity contribution is 0.788. The fourth-order valence-electron chi connectivity index (χ4n) is 1.34. The van der Waals surface area contributed by atoms with Crippen LogP contribution in [0.5, 0.6) is 0 Å². The Morgan fingerprint density at radius 2 is 2.13 bits per heavy atom. The van der Waals surface area contributed by atoms with E-state index in [2.05, 4.69) is 11.2 Å². The number of nitrogens with zero attached hydrogens (tertiary/aromatic N) is 3. The molecule has 3 nitrogen and oxygen atoms in total. The van der Waals surface area contributed by atoms with Crippen LogP contribution < -0.4 is 4.90 Å². The molecule has 0 atom stereocenters. The third-order valence-electron chi connectivity index (χ3n) is 2.11. The van der Waals surface area contributed by atoms with Gasteiger partial charge in [0.15, 0.2) is 11.3 Å². The molecule has 0 aliphatic heterocycles. The molecule has 15 heavy (non-hydrogen) atoms. The zero-order valence-corrected chi connectivity index (χ0v) is 9.45. The number of hydrogen-bond donors (Lipinski definition) is 0. The number of para-hydroxylation sites is 1. The summed E-state index contributed by atoms with van der Waals surface area (Å²) in [6, 6.07) is 8.07. The number of nitriles is 1. The molecule has 1 aromatic heterocycles. The van der Waals surface area contributed by atoms with E-state index < -0.39 is 0 Å². The highest BCUT2D eigenvalue weighted by Crippen LogP contribution is 2.29. The van der Waals surface area contributed by atoms with E-state index in [9.17, 15) is 0 Å². The van der Waals surface area contributed by atoms with E-state index in [-0.39, 0.29) is 6.04 Å². The molecule has 0 fully saturated rings. The molecule has 4 heteroatoms. The van der Waals surface area contributed by atoms with Crippen LogP contribution in [-0.4, -0.2) is 11.0 Å². The summed E-state index contributed by atoms with van der Waals surface area (Å²) in [7, 11) is 0. The standard InChI is InChI=1S/C11H11N3S/c1-8(2)14(7-12)11-13-9-5-3-4-6-10(9)15-11/h3-6,8H,1-2H3. The SMILES string of the molecule is CC(C)N(C#N)c1nc2ccccc2s1. The van der Waals surface area contributed by atoms with Crippen molar-refractivity contribution in [1.82, 2.24) is 4.98 Å². The third kappa shape index (κ3) is 1.79. The van der Waals surface area contributed by atoms with Gasteiger partial charge in [-0.2, -0.15) is 5.26 Å². The maximum Gasteiger partial charge on any atom is 0.200 e. The molecule has 0 bridgehead atoms. The molecule has 0 aliphatic rings. The third-order valence-corrected chi connectivity index (χ3v) is 3.15. The van der Waals surface area contributed by atoms with E-state index in [1.54, 1.807) is 16.2 Å². The quantitative estimate of drug-likeness (QED) is 0.573. The molecule has 0 spiro atoms. The summed E-state index contributed by atoms with van der Waals surface area (Å²) >= 11 is 1.55. The summed E-state index contributed by atoms with van der Waals surface area (Å²) in [4.78, 5) is 6.06. The summed E-state index contributed by atoms with van der Waals surface area (Å²) in [5.41, 5.74) is 0.957. The molecule has 1 heterocycles. The van der Waals surface area contributed by atoms with Crippen LogP contribution in [0.15, 0.2) is 24.3 Å². The molecule has 0 saturated carbocycles. The van der Waals surface area contributed by atoms with Crippen LogP contribution in [0.2, 0.25) is 0 Å². The average molecular weight is 217 g/mol. The van der Waals surface area contributed by atoms with Crippen molar-refractivity contribution in [3.63, 3.8) is 0 Å². The van der Waals surface area contributed by atoms with Gasteiger partial charge in [0.25, 0.3) is 0 Å². The highest BCUT2D eigenvalue weighted by atomic mass is 32.1. The molecule has 0 aliphatic carbocycles. The van der Waals surface area contributed by atoms with Crippen LogP contribution in [0, 0.1) is 11.5 Å². The van der Waals surface area contributed by atoms with Crippen molar-refractivity contribution in [3.8, 4) is 6.19 Å². The summed E-state index contributed by atoms with van der Waals surface area (Å²) in [5.74, 6) is 0. The first kappa shape index (κ1) is 9.94. The largest absolute Gasteiger partial charge is 0.252 e. The normalized spacial score (nSPS) is 10.5. The Balaban J connectivity index is 2.49. The number of rotatable bonds is 2. The van der Waals surface area contributed by atoms with E-state index in [4.69, 9.17) is 5.26 Å². The Kier molecular flexibility index (Phi) is 2.57. The molecule has 1 aromatic carbocycles. The predicted octanol–water partition coefficient (Wildman–Crippen LogP) is 2.99. The lowest BCUT2D eigenvalue weighted by Gasteiger charge is -2.15. The molecular weight excluding hydrogens is 206 g/mol. The predicted molar refractivity (Wildman–Crippen MR) is 62.8 cm³/mol. The number of anilines is 1. The van der Waals surface area contributed by atoms with Crippen LogP contribution in [0.1, 0.15) is 13.8 Å². The molecule has 0 unspecified atom stereocenters. The topological polar surface area (TPSA) is 39.9 Å². The fraction of sp³-hybridized carbons (Fsp3) is 0.273. The van der Waals surface area contributed by atoms with Gasteiger partial charge in [-0.25, -0.2) is 4.98 Å². The minimum atomic E-state index is 0.149. The molecule has 2 rings (SSSR count). The molecule has 0 amide bonds. The number of fused-ring (bicyclic) bond motifs is 1. The van der Waals surface area contributed by atoms with Crippen LogP contribution >= 0.6 is 11.3 Å². The molecule has 0 radical (unpaired) electrons. The van der Waals surface area contributed by atoms with Gasteiger partial charge < -0.3 is 0 Å². The average Bonchev–Trinajstić information content (AvgIpc) is 2.61. The van der Waals surface area contributed by atoms with E-state index >= 15 is 0 Å². The zero-order valence-electron chi connectivity index (χ0n) is 8.64. The van der Waals surface area contributed by atoms with Crippen molar-refractivity contribution in [2.24, 2.45) is 0 Å². The summed E-state index contributed by atoms with van der Waals surface area (Å²) in [6.07, 6.45) is 2.16. The van der Waals surface area contributed by atoms with Crippen molar-refractivity contribution in [1.29, 1.82) is 5.26 Å². The molecule has 2 aromatic rings. The second-order valence-electron chi connectivity index (χ2n) is 3.53. The van der Waals surface area contributed by atoms with Crippen molar-refractivity contribution in [2.45, 2.75) is 19.9 Å². The highest BCUT2D eigenvalue weighted by Gasteiger charge is 2.14. The second-order valence-corrected chi connectivity index (χ2v) is 4.54. The zero-order chi connectivity index (χ0) is 10.8. The van der Waals surface area contributed by atoms with E-state index in [1.165, 1.54) is 0 Å². The molecule has 0 N–H and O–H groups in total. The lowest BCUT2D eigenvalue weighted by atomic mass is 10.3. The highest BCUT2D eigenvalue weighted by molar-refractivity contribution is 7.22. The Morgan fingerprint density at radius 3 is 2.73 bits per heavy atom. The van der Waals surface area contributed by atoms with Crippen molar-refractivity contribution in [2.75, 3.05) is 4.90 Å². The van der Waals surface area contributed by atoms with Crippen LogP contribution in [0.4, 0.5) is 5.13 Å². The first-order chi connectivity index (χ1) is 7.22.